The molecule has 0 spiro atoms. The lowest BCUT2D eigenvalue weighted by atomic mass is 10.1. The molecule has 3 nitrogen and oxygen atoms in total. The highest BCUT2D eigenvalue weighted by atomic mass is 31.1. The van der Waals surface area contributed by atoms with Crippen molar-refractivity contribution in [1.82, 2.24) is 4.98 Å². The molecule has 0 saturated carbocycles. The predicted molar refractivity (Wildman–Crippen MR) is 111 cm³/mol. The van der Waals surface area contributed by atoms with E-state index in [0.29, 0.717) is 0 Å². The van der Waals surface area contributed by atoms with Gasteiger partial charge in [-0.1, -0.05) is 66.7 Å². The summed E-state index contributed by atoms with van der Waals surface area (Å²) in [5.74, 6) is -0.610. The van der Waals surface area contributed by atoms with Crippen LogP contribution >= 0.6 is 7.92 Å². The van der Waals surface area contributed by atoms with E-state index in [0.717, 1.165) is 11.9 Å². The fourth-order valence-corrected chi connectivity index (χ4v) is 5.93. The molecule has 0 amide bonds. The van der Waals surface area contributed by atoms with Gasteiger partial charge in [-0.15, -0.1) is 0 Å². The molecule has 2 atom stereocenters. The minimum absolute atomic E-state index is 0.0403. The summed E-state index contributed by atoms with van der Waals surface area (Å²) in [6.07, 6.45) is 2.52. The van der Waals surface area contributed by atoms with E-state index in [9.17, 15) is 0 Å². The molecule has 4 heteroatoms. The van der Waals surface area contributed by atoms with Crippen molar-refractivity contribution in [1.29, 1.82) is 0 Å². The Hall–Kier alpha value is -2.06. The number of aromatic nitrogens is 1. The van der Waals surface area contributed by atoms with Gasteiger partial charge in [0.25, 0.3) is 0 Å². The fourth-order valence-electron chi connectivity index (χ4n) is 3.52. The van der Waals surface area contributed by atoms with Crippen molar-refractivity contribution in [3.8, 4) is 0 Å². The predicted octanol–water partition coefficient (Wildman–Crippen LogP) is 4.41. The third-order valence-electron chi connectivity index (χ3n) is 4.66. The Kier molecular flexibility index (Phi) is 5.36. The lowest BCUT2D eigenvalue weighted by Crippen LogP contribution is -2.27. The van der Waals surface area contributed by atoms with Crippen LogP contribution in [-0.4, -0.2) is 23.0 Å². The van der Waals surface area contributed by atoms with Crippen LogP contribution in [0.3, 0.4) is 0 Å². The Bertz CT molecular complexity index is 816. The topological polar surface area (TPSA) is 31.4 Å². The van der Waals surface area contributed by atoms with Crippen molar-refractivity contribution in [2.24, 2.45) is 0 Å². The maximum absolute atomic E-state index is 6.34. The maximum Gasteiger partial charge on any atom is 0.164 e. The first-order valence-corrected chi connectivity index (χ1v) is 10.8. The van der Waals surface area contributed by atoms with Crippen LogP contribution in [0.1, 0.15) is 25.6 Å². The third-order valence-corrected chi connectivity index (χ3v) is 7.23. The van der Waals surface area contributed by atoms with Crippen LogP contribution in [0, 0.1) is 0 Å². The van der Waals surface area contributed by atoms with Gasteiger partial charge in [-0.25, -0.2) is 0 Å². The van der Waals surface area contributed by atoms with Crippen LogP contribution in [0.4, 0.5) is 0 Å². The van der Waals surface area contributed by atoms with Crippen molar-refractivity contribution in [3.63, 3.8) is 0 Å². The van der Waals surface area contributed by atoms with Gasteiger partial charge < -0.3 is 9.47 Å². The smallest absolute Gasteiger partial charge is 0.164 e. The van der Waals surface area contributed by atoms with Gasteiger partial charge in [0.1, 0.15) is 6.10 Å². The molecule has 4 rings (SSSR count). The molecular weight excluding hydrogens is 353 g/mol. The SMILES string of the molecule is CC1(C)O[C@@H](CP(c2ccccc2)c2ccccc2)[C@H](c2ccccn2)O1. The molecule has 1 aromatic heterocycles. The fraction of sp³-hybridized carbons (Fsp3) is 0.261. The number of pyridine rings is 1. The third kappa shape index (κ3) is 4.27. The molecule has 1 fully saturated rings. The molecule has 0 aliphatic carbocycles. The molecule has 1 aliphatic heterocycles. The minimum atomic E-state index is -0.610. The van der Waals surface area contributed by atoms with E-state index in [1.165, 1.54) is 10.6 Å². The summed E-state index contributed by atoms with van der Waals surface area (Å²) in [4.78, 5) is 4.53. The van der Waals surface area contributed by atoms with Crippen molar-refractivity contribution in [3.05, 3.63) is 90.8 Å². The molecular formula is C23H24NO2P. The number of benzene rings is 2. The highest BCUT2D eigenvalue weighted by Gasteiger charge is 2.43. The van der Waals surface area contributed by atoms with Crippen molar-refractivity contribution in [2.45, 2.75) is 31.8 Å². The summed E-state index contributed by atoms with van der Waals surface area (Å²) >= 11 is 0. The molecule has 0 N–H and O–H groups in total. The molecule has 0 bridgehead atoms. The van der Waals surface area contributed by atoms with E-state index < -0.39 is 13.7 Å². The summed E-state index contributed by atoms with van der Waals surface area (Å²) in [5, 5.41) is 2.71. The van der Waals surface area contributed by atoms with E-state index in [1.54, 1.807) is 0 Å². The van der Waals surface area contributed by atoms with Gasteiger partial charge in [0, 0.05) is 12.4 Å². The molecule has 2 heterocycles. The second-order valence-corrected chi connectivity index (χ2v) is 9.38. The van der Waals surface area contributed by atoms with E-state index in [4.69, 9.17) is 9.47 Å². The Morgan fingerprint density at radius 3 is 1.96 bits per heavy atom. The molecule has 0 unspecified atom stereocenters. The van der Waals surface area contributed by atoms with Gasteiger partial charge in [-0.05, 0) is 44.5 Å². The Labute approximate surface area is 162 Å². The van der Waals surface area contributed by atoms with Gasteiger partial charge in [0.2, 0.25) is 0 Å². The monoisotopic (exact) mass is 377 g/mol. The Morgan fingerprint density at radius 2 is 1.41 bits per heavy atom. The van der Waals surface area contributed by atoms with E-state index >= 15 is 0 Å². The number of ether oxygens (including phenoxy) is 2. The average Bonchev–Trinajstić information content (AvgIpc) is 3.02. The molecule has 0 radical (unpaired) electrons. The summed E-state index contributed by atoms with van der Waals surface area (Å²) in [7, 11) is -0.553. The molecule has 138 valence electrons. The zero-order valence-corrected chi connectivity index (χ0v) is 16.6. The highest BCUT2D eigenvalue weighted by Crippen LogP contribution is 2.44. The van der Waals surface area contributed by atoms with Crippen LogP contribution in [0.5, 0.6) is 0 Å². The van der Waals surface area contributed by atoms with Gasteiger partial charge in [-0.2, -0.15) is 0 Å². The largest absolute Gasteiger partial charge is 0.344 e. The first-order chi connectivity index (χ1) is 13.1. The van der Waals surface area contributed by atoms with Gasteiger partial charge in [-0.3, -0.25) is 4.98 Å². The molecule has 27 heavy (non-hydrogen) atoms. The summed E-state index contributed by atoms with van der Waals surface area (Å²) in [6, 6.07) is 27.4. The second kappa shape index (κ2) is 7.90. The lowest BCUT2D eigenvalue weighted by molar-refractivity contribution is -0.145. The van der Waals surface area contributed by atoms with Crippen molar-refractivity contribution < 1.29 is 9.47 Å². The van der Waals surface area contributed by atoms with E-state index in [-0.39, 0.29) is 12.2 Å². The Balaban J connectivity index is 1.67. The first-order valence-electron chi connectivity index (χ1n) is 9.27. The highest BCUT2D eigenvalue weighted by molar-refractivity contribution is 7.73. The number of hydrogen-bond acceptors (Lipinski definition) is 3. The van der Waals surface area contributed by atoms with Crippen LogP contribution in [0.2, 0.25) is 0 Å². The van der Waals surface area contributed by atoms with E-state index in [1.807, 2.05) is 38.2 Å². The minimum Gasteiger partial charge on any atom is -0.344 e. The lowest BCUT2D eigenvalue weighted by Gasteiger charge is -2.24. The van der Waals surface area contributed by atoms with Crippen LogP contribution in [0.15, 0.2) is 85.1 Å². The van der Waals surface area contributed by atoms with Crippen LogP contribution < -0.4 is 10.6 Å². The van der Waals surface area contributed by atoms with E-state index in [2.05, 4.69) is 65.6 Å². The van der Waals surface area contributed by atoms with Gasteiger partial charge in [0.05, 0.1) is 11.8 Å². The van der Waals surface area contributed by atoms with Crippen LogP contribution in [-0.2, 0) is 9.47 Å². The Morgan fingerprint density at radius 1 is 0.815 bits per heavy atom. The zero-order chi connectivity index (χ0) is 18.7. The van der Waals surface area contributed by atoms with Crippen molar-refractivity contribution >= 4 is 18.5 Å². The quantitative estimate of drug-likeness (QED) is 0.618. The van der Waals surface area contributed by atoms with Crippen LogP contribution in [0.25, 0.3) is 0 Å². The van der Waals surface area contributed by atoms with Gasteiger partial charge in [0.15, 0.2) is 5.79 Å². The average molecular weight is 377 g/mol. The number of rotatable bonds is 5. The standard InChI is InChI=1S/C23H24NO2P/c1-23(2)25-21(22(26-23)20-15-9-10-16-24-20)17-27(18-11-5-3-6-12-18)19-13-7-4-8-14-19/h3-16,21-22H,17H2,1-2H3/t21-,22-/m0/s1. The summed E-state index contributed by atoms with van der Waals surface area (Å²) in [5.41, 5.74) is 0.934. The zero-order valence-electron chi connectivity index (χ0n) is 15.7. The summed E-state index contributed by atoms with van der Waals surface area (Å²) in [6.45, 7) is 3.96. The molecule has 3 aromatic rings. The number of nitrogens with zero attached hydrogens (tertiary/aromatic N) is 1. The molecule has 2 aromatic carbocycles. The molecule has 1 aliphatic rings. The normalized spacial score (nSPS) is 21.4. The molecule has 1 saturated heterocycles. The first kappa shape index (κ1) is 18.3. The second-order valence-electron chi connectivity index (χ2n) is 7.13. The van der Waals surface area contributed by atoms with Gasteiger partial charge >= 0.3 is 0 Å². The number of hydrogen-bond donors (Lipinski definition) is 0. The maximum atomic E-state index is 6.34. The summed E-state index contributed by atoms with van der Waals surface area (Å²) < 4.78 is 12.6. The van der Waals surface area contributed by atoms with Crippen molar-refractivity contribution in [2.75, 3.05) is 6.16 Å².